The first-order valence-corrected chi connectivity index (χ1v) is 5.54. The first-order valence-electron chi connectivity index (χ1n) is 5.16. The maximum Gasteiger partial charge on any atom is 0.145 e. The van der Waals surface area contributed by atoms with Crippen LogP contribution >= 0.6 is 11.6 Å². The molecule has 2 aromatic rings. The van der Waals surface area contributed by atoms with E-state index in [0.717, 1.165) is 0 Å². The predicted molar refractivity (Wildman–Crippen MR) is 66.4 cm³/mol. The van der Waals surface area contributed by atoms with Gasteiger partial charge in [0.05, 0.1) is 18.4 Å². The monoisotopic (exact) mass is 260 g/mol. The maximum atomic E-state index is 9.01. The largest absolute Gasteiger partial charge is 0.454 e. The molecule has 1 heterocycles. The summed E-state index contributed by atoms with van der Waals surface area (Å²) in [5, 5.41) is 18.4. The second kappa shape index (κ2) is 5.50. The average molecular weight is 261 g/mol. The quantitative estimate of drug-likeness (QED) is 0.862. The molecule has 0 fully saturated rings. The lowest BCUT2D eigenvalue weighted by Crippen LogP contribution is -1.91. The van der Waals surface area contributed by atoms with E-state index in [1.54, 1.807) is 30.3 Å². The molecule has 0 unspecified atom stereocenters. The van der Waals surface area contributed by atoms with E-state index in [0.29, 0.717) is 27.8 Å². The third kappa shape index (κ3) is 2.77. The summed E-state index contributed by atoms with van der Waals surface area (Å²) in [4.78, 5) is 3.88. The summed E-state index contributed by atoms with van der Waals surface area (Å²) in [5.74, 6) is 0.909. The molecule has 0 aliphatic heterocycles. The van der Waals surface area contributed by atoms with Gasteiger partial charge >= 0.3 is 0 Å². The van der Waals surface area contributed by atoms with E-state index in [2.05, 4.69) is 4.98 Å². The molecule has 18 heavy (non-hydrogen) atoms. The van der Waals surface area contributed by atoms with Crippen molar-refractivity contribution in [1.29, 1.82) is 5.26 Å². The fourth-order valence-corrected chi connectivity index (χ4v) is 1.51. The van der Waals surface area contributed by atoms with Gasteiger partial charge in [0.25, 0.3) is 0 Å². The number of aromatic nitrogens is 1. The van der Waals surface area contributed by atoms with Crippen molar-refractivity contribution in [1.82, 2.24) is 4.98 Å². The lowest BCUT2D eigenvalue weighted by Gasteiger charge is -2.07. The number of nitrogens with zero attached hydrogens (tertiary/aromatic N) is 2. The number of aliphatic hydroxyl groups excluding tert-OH is 1. The summed E-state index contributed by atoms with van der Waals surface area (Å²) in [5.41, 5.74) is 1.02. The summed E-state index contributed by atoms with van der Waals surface area (Å²) >= 11 is 5.67. The van der Waals surface area contributed by atoms with E-state index in [1.165, 1.54) is 6.20 Å². The molecule has 0 amide bonds. The molecule has 0 aliphatic carbocycles. The van der Waals surface area contributed by atoms with Crippen LogP contribution in [0.2, 0.25) is 5.15 Å². The molecule has 4 nitrogen and oxygen atoms in total. The highest BCUT2D eigenvalue weighted by Crippen LogP contribution is 2.26. The molecule has 0 atom stereocenters. The van der Waals surface area contributed by atoms with Crippen LogP contribution in [0.15, 0.2) is 36.5 Å². The van der Waals surface area contributed by atoms with Crippen LogP contribution in [0.4, 0.5) is 0 Å². The Labute approximate surface area is 109 Å². The first-order chi connectivity index (χ1) is 8.72. The van der Waals surface area contributed by atoms with Crippen LogP contribution < -0.4 is 4.74 Å². The summed E-state index contributed by atoms with van der Waals surface area (Å²) in [6.45, 7) is -0.114. The van der Waals surface area contributed by atoms with Crippen molar-refractivity contribution in [2.24, 2.45) is 0 Å². The van der Waals surface area contributed by atoms with Crippen LogP contribution in [0, 0.1) is 11.3 Å². The van der Waals surface area contributed by atoms with Gasteiger partial charge in [-0.25, -0.2) is 4.98 Å². The Kier molecular flexibility index (Phi) is 3.78. The van der Waals surface area contributed by atoms with E-state index >= 15 is 0 Å². The lowest BCUT2D eigenvalue weighted by molar-refractivity contribution is 0.281. The van der Waals surface area contributed by atoms with Crippen LogP contribution in [-0.2, 0) is 6.61 Å². The molecule has 5 heteroatoms. The minimum atomic E-state index is -0.114. The van der Waals surface area contributed by atoms with Gasteiger partial charge < -0.3 is 9.84 Å². The summed E-state index contributed by atoms with van der Waals surface area (Å²) in [6.07, 6.45) is 1.48. The number of benzene rings is 1. The van der Waals surface area contributed by atoms with Gasteiger partial charge in [-0.3, -0.25) is 0 Å². The molecule has 0 aliphatic rings. The summed E-state index contributed by atoms with van der Waals surface area (Å²) in [6, 6.07) is 10.2. The van der Waals surface area contributed by atoms with Crippen molar-refractivity contribution >= 4 is 11.6 Å². The minimum Gasteiger partial charge on any atom is -0.454 e. The standard InChI is InChI=1S/C13H9ClN2O2/c14-13-4-2-11(7-16-13)18-12-3-1-9(8-17)5-10(12)6-15/h1-5,7,17H,8H2. The fraction of sp³-hybridized carbons (Fsp3) is 0.0769. The summed E-state index contributed by atoms with van der Waals surface area (Å²) < 4.78 is 5.53. The SMILES string of the molecule is N#Cc1cc(CO)ccc1Oc1ccc(Cl)nc1. The molecule has 1 aromatic heterocycles. The molecule has 1 aromatic carbocycles. The molecule has 90 valence electrons. The third-order valence-corrected chi connectivity index (χ3v) is 2.50. The maximum absolute atomic E-state index is 9.01. The second-order valence-electron chi connectivity index (χ2n) is 3.52. The van der Waals surface area contributed by atoms with Crippen LogP contribution in [0.3, 0.4) is 0 Å². The molecule has 2 rings (SSSR count). The number of hydrogen-bond acceptors (Lipinski definition) is 4. The zero-order valence-corrected chi connectivity index (χ0v) is 10.1. The van der Waals surface area contributed by atoms with E-state index < -0.39 is 0 Å². The lowest BCUT2D eigenvalue weighted by atomic mass is 10.1. The van der Waals surface area contributed by atoms with Gasteiger partial charge in [-0.2, -0.15) is 5.26 Å². The molecular formula is C13H9ClN2O2. The smallest absolute Gasteiger partial charge is 0.145 e. The highest BCUT2D eigenvalue weighted by Gasteiger charge is 2.06. The van der Waals surface area contributed by atoms with Crippen molar-refractivity contribution in [2.75, 3.05) is 0 Å². The number of halogens is 1. The fourth-order valence-electron chi connectivity index (χ4n) is 1.40. The Hall–Kier alpha value is -2.09. The molecule has 0 bridgehead atoms. The van der Waals surface area contributed by atoms with E-state index in [-0.39, 0.29) is 6.61 Å². The van der Waals surface area contributed by atoms with E-state index in [4.69, 9.17) is 26.7 Å². The molecule has 0 spiro atoms. The Morgan fingerprint density at radius 2 is 2.17 bits per heavy atom. The predicted octanol–water partition coefficient (Wildman–Crippen LogP) is 2.89. The Balaban J connectivity index is 2.29. The Bertz CT molecular complexity index is 591. The van der Waals surface area contributed by atoms with Crippen molar-refractivity contribution in [3.63, 3.8) is 0 Å². The van der Waals surface area contributed by atoms with Crippen LogP contribution in [0.25, 0.3) is 0 Å². The number of pyridine rings is 1. The van der Waals surface area contributed by atoms with Crippen molar-refractivity contribution < 1.29 is 9.84 Å². The van der Waals surface area contributed by atoms with E-state index in [9.17, 15) is 0 Å². The zero-order chi connectivity index (χ0) is 13.0. The van der Waals surface area contributed by atoms with Gasteiger partial charge in [-0.1, -0.05) is 17.7 Å². The molecular weight excluding hydrogens is 252 g/mol. The van der Waals surface area contributed by atoms with E-state index in [1.807, 2.05) is 6.07 Å². The van der Waals surface area contributed by atoms with Crippen molar-refractivity contribution in [3.05, 3.63) is 52.8 Å². The van der Waals surface area contributed by atoms with Crippen molar-refractivity contribution in [3.8, 4) is 17.6 Å². The Morgan fingerprint density at radius 3 is 2.78 bits per heavy atom. The van der Waals surface area contributed by atoms with Crippen LogP contribution in [-0.4, -0.2) is 10.1 Å². The Morgan fingerprint density at radius 1 is 1.33 bits per heavy atom. The zero-order valence-electron chi connectivity index (χ0n) is 9.30. The third-order valence-electron chi connectivity index (χ3n) is 2.28. The van der Waals surface area contributed by atoms with Gasteiger partial charge in [0, 0.05) is 0 Å². The van der Waals surface area contributed by atoms with Crippen LogP contribution in [0.5, 0.6) is 11.5 Å². The van der Waals surface area contributed by atoms with Gasteiger partial charge in [0.2, 0.25) is 0 Å². The number of ether oxygens (including phenoxy) is 1. The molecule has 0 saturated carbocycles. The molecule has 0 radical (unpaired) electrons. The minimum absolute atomic E-state index is 0.114. The number of rotatable bonds is 3. The number of aliphatic hydroxyl groups is 1. The normalized spacial score (nSPS) is 9.83. The van der Waals surface area contributed by atoms with Gasteiger partial charge in [0.1, 0.15) is 22.7 Å². The topological polar surface area (TPSA) is 66.1 Å². The summed E-state index contributed by atoms with van der Waals surface area (Å²) in [7, 11) is 0. The highest BCUT2D eigenvalue weighted by atomic mass is 35.5. The second-order valence-corrected chi connectivity index (χ2v) is 3.91. The first kappa shape index (κ1) is 12.4. The molecule has 1 N–H and O–H groups in total. The number of hydrogen-bond donors (Lipinski definition) is 1. The van der Waals surface area contributed by atoms with Crippen LogP contribution in [0.1, 0.15) is 11.1 Å². The number of nitriles is 1. The van der Waals surface area contributed by atoms with Gasteiger partial charge in [-0.15, -0.1) is 0 Å². The molecule has 0 saturated heterocycles. The van der Waals surface area contributed by atoms with Gasteiger partial charge in [0.15, 0.2) is 0 Å². The average Bonchev–Trinajstić information content (AvgIpc) is 2.41. The highest BCUT2D eigenvalue weighted by molar-refractivity contribution is 6.29. The van der Waals surface area contributed by atoms with Crippen molar-refractivity contribution in [2.45, 2.75) is 6.61 Å². The van der Waals surface area contributed by atoms with Gasteiger partial charge in [-0.05, 0) is 29.8 Å².